The second kappa shape index (κ2) is 6.93. The van der Waals surface area contributed by atoms with E-state index in [0.717, 1.165) is 17.1 Å². The molecule has 0 radical (unpaired) electrons. The van der Waals surface area contributed by atoms with Gasteiger partial charge in [0.25, 0.3) is 0 Å². The van der Waals surface area contributed by atoms with Crippen molar-refractivity contribution in [1.29, 1.82) is 0 Å². The first-order valence-electron chi connectivity index (χ1n) is 7.25. The van der Waals surface area contributed by atoms with Gasteiger partial charge in [-0.1, -0.05) is 32.0 Å². The smallest absolute Gasteiger partial charge is 0.224 e. The van der Waals surface area contributed by atoms with Crippen LogP contribution in [0.5, 0.6) is 0 Å². The average Bonchev–Trinajstić information content (AvgIpc) is 2.47. The summed E-state index contributed by atoms with van der Waals surface area (Å²) < 4.78 is 0. The molecule has 1 N–H and O–H groups in total. The molecule has 0 heterocycles. The van der Waals surface area contributed by atoms with Crippen molar-refractivity contribution in [2.24, 2.45) is 5.92 Å². The maximum absolute atomic E-state index is 11.7. The molecule has 3 heteroatoms. The van der Waals surface area contributed by atoms with Gasteiger partial charge >= 0.3 is 0 Å². The minimum absolute atomic E-state index is 0.0640. The third-order valence-corrected chi connectivity index (χ3v) is 3.28. The van der Waals surface area contributed by atoms with Crippen molar-refractivity contribution in [1.82, 2.24) is 0 Å². The monoisotopic (exact) mass is 282 g/mol. The Kier molecular flexibility index (Phi) is 4.99. The van der Waals surface area contributed by atoms with Gasteiger partial charge in [-0.3, -0.25) is 4.79 Å². The van der Waals surface area contributed by atoms with Crippen LogP contribution >= 0.6 is 0 Å². The Bertz CT molecular complexity index is 576. The molecule has 1 amide bonds. The number of rotatable bonds is 5. The molecule has 0 saturated heterocycles. The van der Waals surface area contributed by atoms with Crippen LogP contribution in [0.3, 0.4) is 0 Å². The van der Waals surface area contributed by atoms with Crippen LogP contribution in [0.15, 0.2) is 54.6 Å². The summed E-state index contributed by atoms with van der Waals surface area (Å²) in [6, 6.07) is 18.1. The molecule has 0 fully saturated rings. The highest BCUT2D eigenvalue weighted by molar-refractivity contribution is 5.91. The number of hydrogen-bond acceptors (Lipinski definition) is 2. The number of anilines is 3. The predicted octanol–water partition coefficient (Wildman–Crippen LogP) is 4.44. The largest absolute Gasteiger partial charge is 0.345 e. The number of nitrogens with zero attached hydrogens (tertiary/aromatic N) is 1. The zero-order chi connectivity index (χ0) is 15.2. The molecular weight excluding hydrogens is 260 g/mol. The lowest BCUT2D eigenvalue weighted by molar-refractivity contribution is -0.116. The van der Waals surface area contributed by atoms with Gasteiger partial charge in [-0.05, 0) is 42.3 Å². The number of nitrogens with one attached hydrogen (secondary N) is 1. The molecule has 0 aliphatic rings. The van der Waals surface area contributed by atoms with Crippen LogP contribution in [0.25, 0.3) is 0 Å². The highest BCUT2D eigenvalue weighted by Gasteiger charge is 2.06. The minimum Gasteiger partial charge on any atom is -0.345 e. The maximum Gasteiger partial charge on any atom is 0.224 e. The van der Waals surface area contributed by atoms with E-state index in [1.807, 2.05) is 63.4 Å². The van der Waals surface area contributed by atoms with Gasteiger partial charge < -0.3 is 10.2 Å². The van der Waals surface area contributed by atoms with Crippen molar-refractivity contribution in [2.45, 2.75) is 20.3 Å². The second-order valence-corrected chi connectivity index (χ2v) is 5.59. The third-order valence-electron chi connectivity index (χ3n) is 3.28. The summed E-state index contributed by atoms with van der Waals surface area (Å²) in [6.45, 7) is 4.08. The van der Waals surface area contributed by atoms with E-state index < -0.39 is 0 Å². The Hall–Kier alpha value is -2.29. The first-order valence-corrected chi connectivity index (χ1v) is 7.25. The Labute approximate surface area is 126 Å². The Morgan fingerprint density at radius 3 is 2.14 bits per heavy atom. The van der Waals surface area contributed by atoms with Crippen LogP contribution in [0.2, 0.25) is 0 Å². The molecule has 0 bridgehead atoms. The summed E-state index contributed by atoms with van der Waals surface area (Å²) in [6.07, 6.45) is 0.547. The summed E-state index contributed by atoms with van der Waals surface area (Å²) in [4.78, 5) is 13.9. The zero-order valence-electron chi connectivity index (χ0n) is 12.8. The summed E-state index contributed by atoms with van der Waals surface area (Å²) in [5, 5.41) is 2.92. The van der Waals surface area contributed by atoms with Crippen LogP contribution in [0, 0.1) is 5.92 Å². The van der Waals surface area contributed by atoms with Crippen LogP contribution in [-0.2, 0) is 4.79 Å². The van der Waals surface area contributed by atoms with Crippen molar-refractivity contribution in [2.75, 3.05) is 17.3 Å². The Morgan fingerprint density at radius 1 is 1.00 bits per heavy atom. The summed E-state index contributed by atoms with van der Waals surface area (Å²) in [5.74, 6) is 0.433. The molecule has 110 valence electrons. The number of carbonyl (C=O) groups is 1. The second-order valence-electron chi connectivity index (χ2n) is 5.59. The summed E-state index contributed by atoms with van der Waals surface area (Å²) in [7, 11) is 2.03. The standard InChI is InChI=1S/C18H22N2O/c1-14(2)13-18(21)19-15-9-11-17(12-10-15)20(3)16-7-5-4-6-8-16/h4-12,14H,13H2,1-3H3,(H,19,21). The molecule has 0 aliphatic heterocycles. The van der Waals surface area contributed by atoms with Gasteiger partial charge in [0.2, 0.25) is 5.91 Å². The molecular formula is C18H22N2O. The lowest BCUT2D eigenvalue weighted by Crippen LogP contribution is -2.14. The number of carbonyl (C=O) groups excluding carboxylic acids is 1. The zero-order valence-corrected chi connectivity index (χ0v) is 12.8. The van der Waals surface area contributed by atoms with Crippen molar-refractivity contribution < 1.29 is 4.79 Å². The summed E-state index contributed by atoms with van der Waals surface area (Å²) in [5.41, 5.74) is 3.06. The van der Waals surface area contributed by atoms with Crippen LogP contribution < -0.4 is 10.2 Å². The fourth-order valence-electron chi connectivity index (χ4n) is 2.15. The first-order chi connectivity index (χ1) is 10.1. The number of benzene rings is 2. The van der Waals surface area contributed by atoms with Crippen LogP contribution in [0.4, 0.5) is 17.1 Å². The fourth-order valence-corrected chi connectivity index (χ4v) is 2.15. The molecule has 3 nitrogen and oxygen atoms in total. The van der Waals surface area contributed by atoms with E-state index in [2.05, 4.69) is 22.3 Å². The lowest BCUT2D eigenvalue weighted by atomic mass is 10.1. The topological polar surface area (TPSA) is 32.3 Å². The third kappa shape index (κ3) is 4.35. The molecule has 0 saturated carbocycles. The Balaban J connectivity index is 2.04. The van der Waals surface area contributed by atoms with E-state index in [1.165, 1.54) is 0 Å². The highest BCUT2D eigenvalue weighted by Crippen LogP contribution is 2.24. The molecule has 2 aromatic carbocycles. The van der Waals surface area contributed by atoms with Gasteiger partial charge in [0.1, 0.15) is 0 Å². The molecule has 0 atom stereocenters. The van der Waals surface area contributed by atoms with Crippen molar-refractivity contribution in [3.05, 3.63) is 54.6 Å². The molecule has 0 spiro atoms. The molecule has 2 rings (SSSR count). The first kappa shape index (κ1) is 15.1. The number of para-hydroxylation sites is 1. The van der Waals surface area contributed by atoms with Gasteiger partial charge in [-0.15, -0.1) is 0 Å². The predicted molar refractivity (Wildman–Crippen MR) is 89.0 cm³/mol. The molecule has 0 aliphatic carbocycles. The fraction of sp³-hybridized carbons (Fsp3) is 0.278. The highest BCUT2D eigenvalue weighted by atomic mass is 16.1. The minimum atomic E-state index is 0.0640. The van der Waals surface area contributed by atoms with Crippen LogP contribution in [0.1, 0.15) is 20.3 Å². The van der Waals surface area contributed by atoms with Gasteiger partial charge in [-0.2, -0.15) is 0 Å². The summed E-state index contributed by atoms with van der Waals surface area (Å²) >= 11 is 0. The van der Waals surface area contributed by atoms with Gasteiger partial charge in [-0.25, -0.2) is 0 Å². The lowest BCUT2D eigenvalue weighted by Gasteiger charge is -2.19. The van der Waals surface area contributed by atoms with Crippen LogP contribution in [-0.4, -0.2) is 13.0 Å². The van der Waals surface area contributed by atoms with Gasteiger partial charge in [0, 0.05) is 30.5 Å². The van der Waals surface area contributed by atoms with Gasteiger partial charge in [0.05, 0.1) is 0 Å². The van der Waals surface area contributed by atoms with Crippen molar-refractivity contribution in [3.8, 4) is 0 Å². The number of hydrogen-bond donors (Lipinski definition) is 1. The van der Waals surface area contributed by atoms with E-state index in [9.17, 15) is 4.79 Å². The van der Waals surface area contributed by atoms with E-state index in [1.54, 1.807) is 0 Å². The molecule has 0 unspecified atom stereocenters. The SMILES string of the molecule is CC(C)CC(=O)Nc1ccc(N(C)c2ccccc2)cc1. The molecule has 21 heavy (non-hydrogen) atoms. The average molecular weight is 282 g/mol. The van der Waals surface area contributed by atoms with Crippen molar-refractivity contribution in [3.63, 3.8) is 0 Å². The maximum atomic E-state index is 11.7. The number of amides is 1. The molecule has 2 aromatic rings. The van der Waals surface area contributed by atoms with E-state index in [-0.39, 0.29) is 5.91 Å². The van der Waals surface area contributed by atoms with E-state index in [0.29, 0.717) is 12.3 Å². The Morgan fingerprint density at radius 2 is 1.57 bits per heavy atom. The van der Waals surface area contributed by atoms with E-state index >= 15 is 0 Å². The van der Waals surface area contributed by atoms with Gasteiger partial charge in [0.15, 0.2) is 0 Å². The van der Waals surface area contributed by atoms with E-state index in [4.69, 9.17) is 0 Å². The normalized spacial score (nSPS) is 10.5. The van der Waals surface area contributed by atoms with Crippen molar-refractivity contribution >= 4 is 23.0 Å². The molecule has 0 aromatic heterocycles. The quantitative estimate of drug-likeness (QED) is 0.879.